The van der Waals surface area contributed by atoms with Crippen LogP contribution in [-0.4, -0.2) is 36.5 Å². The summed E-state index contributed by atoms with van der Waals surface area (Å²) < 4.78 is 5.10. The lowest BCUT2D eigenvalue weighted by atomic mass is 10.0. The summed E-state index contributed by atoms with van der Waals surface area (Å²) in [4.78, 5) is 25.6. The van der Waals surface area contributed by atoms with E-state index in [0.717, 1.165) is 31.5 Å². The first-order valence-electron chi connectivity index (χ1n) is 7.08. The van der Waals surface area contributed by atoms with E-state index in [0.29, 0.717) is 11.5 Å². The molecule has 4 heteroatoms. The van der Waals surface area contributed by atoms with Gasteiger partial charge in [-0.1, -0.05) is 24.6 Å². The summed E-state index contributed by atoms with van der Waals surface area (Å²) in [6.45, 7) is 5.42. The number of hydrogen-bond donors (Lipinski definition) is 0. The Balaban J connectivity index is 1.85. The van der Waals surface area contributed by atoms with Crippen LogP contribution in [0.4, 0.5) is 0 Å². The fourth-order valence-electron chi connectivity index (χ4n) is 2.49. The lowest BCUT2D eigenvalue weighted by Crippen LogP contribution is -2.41. The number of carbonyl (C=O) groups is 2. The predicted molar refractivity (Wildman–Crippen MR) is 76.4 cm³/mol. The summed E-state index contributed by atoms with van der Waals surface area (Å²) in [5.74, 6) is -0.00941. The molecule has 1 aromatic rings. The second-order valence-electron chi connectivity index (χ2n) is 5.53. The van der Waals surface area contributed by atoms with Crippen LogP contribution in [0.2, 0.25) is 0 Å². The van der Waals surface area contributed by atoms with Gasteiger partial charge in [0.15, 0.2) is 6.61 Å². The SMILES string of the molecule is Cc1cccc(C(=O)OCC(=O)N2CCC[C@@H](C)C2)c1. The van der Waals surface area contributed by atoms with Crippen molar-refractivity contribution >= 4 is 11.9 Å². The van der Waals surface area contributed by atoms with Gasteiger partial charge in [-0.2, -0.15) is 0 Å². The number of hydrogen-bond acceptors (Lipinski definition) is 3. The Morgan fingerprint density at radius 3 is 2.90 bits per heavy atom. The Morgan fingerprint density at radius 1 is 1.40 bits per heavy atom. The van der Waals surface area contributed by atoms with Gasteiger partial charge in [0.2, 0.25) is 0 Å². The Hall–Kier alpha value is -1.84. The molecule has 1 atom stereocenters. The minimum atomic E-state index is -0.438. The highest BCUT2D eigenvalue weighted by atomic mass is 16.5. The van der Waals surface area contributed by atoms with Gasteiger partial charge in [0, 0.05) is 13.1 Å². The topological polar surface area (TPSA) is 46.6 Å². The van der Waals surface area contributed by atoms with Crippen molar-refractivity contribution in [1.82, 2.24) is 4.90 Å². The number of aryl methyl sites for hydroxylation is 1. The van der Waals surface area contributed by atoms with Crippen molar-refractivity contribution in [1.29, 1.82) is 0 Å². The van der Waals surface area contributed by atoms with Gasteiger partial charge in [-0.25, -0.2) is 4.79 Å². The molecule has 0 aromatic heterocycles. The highest BCUT2D eigenvalue weighted by molar-refractivity contribution is 5.91. The van der Waals surface area contributed by atoms with Crippen LogP contribution >= 0.6 is 0 Å². The van der Waals surface area contributed by atoms with Crippen molar-refractivity contribution in [2.45, 2.75) is 26.7 Å². The predicted octanol–water partition coefficient (Wildman–Crippen LogP) is 2.41. The first kappa shape index (κ1) is 14.6. The highest BCUT2D eigenvalue weighted by Gasteiger charge is 2.22. The second-order valence-corrected chi connectivity index (χ2v) is 5.53. The first-order valence-corrected chi connectivity index (χ1v) is 7.08. The summed E-state index contributed by atoms with van der Waals surface area (Å²) >= 11 is 0. The quantitative estimate of drug-likeness (QED) is 0.796. The van der Waals surface area contributed by atoms with E-state index in [1.54, 1.807) is 23.1 Å². The van der Waals surface area contributed by atoms with Crippen molar-refractivity contribution in [3.63, 3.8) is 0 Å². The zero-order valence-corrected chi connectivity index (χ0v) is 12.1. The van der Waals surface area contributed by atoms with Crippen molar-refractivity contribution < 1.29 is 14.3 Å². The fraction of sp³-hybridized carbons (Fsp3) is 0.500. The van der Waals surface area contributed by atoms with E-state index >= 15 is 0 Å². The zero-order chi connectivity index (χ0) is 14.5. The van der Waals surface area contributed by atoms with Gasteiger partial charge < -0.3 is 9.64 Å². The molecule has 0 radical (unpaired) electrons. The number of likely N-dealkylation sites (tertiary alicyclic amines) is 1. The molecule has 1 amide bonds. The van der Waals surface area contributed by atoms with Gasteiger partial charge in [0.1, 0.15) is 0 Å². The highest BCUT2D eigenvalue weighted by Crippen LogP contribution is 2.15. The number of esters is 1. The molecule has 0 saturated carbocycles. The minimum absolute atomic E-state index is 0.0995. The Labute approximate surface area is 119 Å². The summed E-state index contributed by atoms with van der Waals surface area (Å²) in [7, 11) is 0. The second kappa shape index (κ2) is 6.55. The first-order chi connectivity index (χ1) is 9.56. The summed E-state index contributed by atoms with van der Waals surface area (Å²) in [5.41, 5.74) is 1.49. The number of amides is 1. The zero-order valence-electron chi connectivity index (χ0n) is 12.1. The molecule has 4 nitrogen and oxygen atoms in total. The van der Waals surface area contributed by atoms with Crippen LogP contribution in [0.3, 0.4) is 0 Å². The van der Waals surface area contributed by atoms with Gasteiger partial charge in [0.05, 0.1) is 5.56 Å². The van der Waals surface area contributed by atoms with E-state index < -0.39 is 5.97 Å². The van der Waals surface area contributed by atoms with Gasteiger partial charge in [-0.15, -0.1) is 0 Å². The fourth-order valence-corrected chi connectivity index (χ4v) is 2.49. The number of carbonyl (C=O) groups excluding carboxylic acids is 2. The molecule has 20 heavy (non-hydrogen) atoms. The lowest BCUT2D eigenvalue weighted by molar-refractivity contribution is -0.136. The van der Waals surface area contributed by atoms with E-state index in [-0.39, 0.29) is 12.5 Å². The van der Waals surface area contributed by atoms with Crippen LogP contribution in [0.1, 0.15) is 35.7 Å². The molecule has 0 N–H and O–H groups in total. The molecule has 1 aromatic carbocycles. The third kappa shape index (κ3) is 3.83. The van der Waals surface area contributed by atoms with Crippen LogP contribution in [0.5, 0.6) is 0 Å². The largest absolute Gasteiger partial charge is 0.452 e. The summed E-state index contributed by atoms with van der Waals surface area (Å²) in [6, 6.07) is 7.18. The van der Waals surface area contributed by atoms with Crippen molar-refractivity contribution in [3.05, 3.63) is 35.4 Å². The van der Waals surface area contributed by atoms with Crippen LogP contribution < -0.4 is 0 Å². The van der Waals surface area contributed by atoms with E-state index in [1.165, 1.54) is 0 Å². The number of ether oxygens (including phenoxy) is 1. The standard InChI is InChI=1S/C16H21NO3/c1-12-5-3-7-14(9-12)16(19)20-11-15(18)17-8-4-6-13(2)10-17/h3,5,7,9,13H,4,6,8,10-11H2,1-2H3/t13-/m1/s1. The molecule has 0 spiro atoms. The Kier molecular flexibility index (Phi) is 4.77. The molecular formula is C16H21NO3. The molecular weight excluding hydrogens is 254 g/mol. The van der Waals surface area contributed by atoms with Crippen molar-refractivity contribution in [3.8, 4) is 0 Å². The number of piperidine rings is 1. The van der Waals surface area contributed by atoms with Crippen LogP contribution in [0.15, 0.2) is 24.3 Å². The molecule has 1 aliphatic rings. The molecule has 1 saturated heterocycles. The summed E-state index contributed by atoms with van der Waals surface area (Å²) in [6.07, 6.45) is 2.19. The molecule has 0 aliphatic carbocycles. The monoisotopic (exact) mass is 275 g/mol. The summed E-state index contributed by atoms with van der Waals surface area (Å²) in [5, 5.41) is 0. The number of benzene rings is 1. The van der Waals surface area contributed by atoms with Gasteiger partial charge >= 0.3 is 5.97 Å². The van der Waals surface area contributed by atoms with E-state index in [1.807, 2.05) is 13.0 Å². The maximum absolute atomic E-state index is 12.0. The molecule has 1 aliphatic heterocycles. The molecule has 0 bridgehead atoms. The Morgan fingerprint density at radius 2 is 2.20 bits per heavy atom. The van der Waals surface area contributed by atoms with Crippen LogP contribution in [0, 0.1) is 12.8 Å². The smallest absolute Gasteiger partial charge is 0.338 e. The third-order valence-corrected chi connectivity index (χ3v) is 3.59. The minimum Gasteiger partial charge on any atom is -0.452 e. The van der Waals surface area contributed by atoms with Crippen LogP contribution in [0.25, 0.3) is 0 Å². The average molecular weight is 275 g/mol. The maximum atomic E-state index is 12.0. The number of nitrogens with zero attached hydrogens (tertiary/aromatic N) is 1. The third-order valence-electron chi connectivity index (χ3n) is 3.59. The van der Waals surface area contributed by atoms with Gasteiger partial charge in [0.25, 0.3) is 5.91 Å². The van der Waals surface area contributed by atoms with E-state index in [4.69, 9.17) is 4.74 Å². The molecule has 1 fully saturated rings. The maximum Gasteiger partial charge on any atom is 0.338 e. The van der Waals surface area contributed by atoms with E-state index in [9.17, 15) is 9.59 Å². The molecule has 0 unspecified atom stereocenters. The normalized spacial score (nSPS) is 18.7. The van der Waals surface area contributed by atoms with Gasteiger partial charge in [-0.3, -0.25) is 4.79 Å². The Bertz CT molecular complexity index is 498. The average Bonchev–Trinajstić information content (AvgIpc) is 2.44. The molecule has 1 heterocycles. The van der Waals surface area contributed by atoms with E-state index in [2.05, 4.69) is 6.92 Å². The molecule has 2 rings (SSSR count). The number of rotatable bonds is 3. The lowest BCUT2D eigenvalue weighted by Gasteiger charge is -2.30. The van der Waals surface area contributed by atoms with Crippen molar-refractivity contribution in [2.75, 3.05) is 19.7 Å². The molecule has 108 valence electrons. The van der Waals surface area contributed by atoms with Crippen LogP contribution in [-0.2, 0) is 9.53 Å². The van der Waals surface area contributed by atoms with Gasteiger partial charge in [-0.05, 0) is 37.8 Å². The van der Waals surface area contributed by atoms with Crippen molar-refractivity contribution in [2.24, 2.45) is 5.92 Å².